The number of ether oxygens (including phenoxy) is 1. The fourth-order valence-electron chi connectivity index (χ4n) is 2.74. The van der Waals surface area contributed by atoms with Gasteiger partial charge in [0.25, 0.3) is 5.91 Å². The summed E-state index contributed by atoms with van der Waals surface area (Å²) >= 11 is 1.22. The predicted molar refractivity (Wildman–Crippen MR) is 104 cm³/mol. The summed E-state index contributed by atoms with van der Waals surface area (Å²) in [6.07, 6.45) is 3.51. The summed E-state index contributed by atoms with van der Waals surface area (Å²) in [6, 6.07) is 10.4. The Morgan fingerprint density at radius 2 is 2.00 bits per heavy atom. The first-order valence-electron chi connectivity index (χ1n) is 8.28. The number of hydrogen-bond donors (Lipinski definition) is 2. The number of nitrogens with one attached hydrogen (secondary N) is 2. The lowest BCUT2D eigenvalue weighted by Crippen LogP contribution is -2.30. The van der Waals surface area contributed by atoms with E-state index in [-0.39, 0.29) is 11.8 Å². The molecule has 3 aromatic rings. The molecule has 0 spiro atoms. The van der Waals surface area contributed by atoms with Gasteiger partial charge in [0.2, 0.25) is 5.91 Å². The first kappa shape index (κ1) is 18.7. The summed E-state index contributed by atoms with van der Waals surface area (Å²) in [7, 11) is 3.46. The Morgan fingerprint density at radius 1 is 1.22 bits per heavy atom. The molecule has 1 atom stereocenters. The maximum atomic E-state index is 12.8. The van der Waals surface area contributed by atoms with Crippen LogP contribution in [0.1, 0.15) is 34.0 Å². The number of methoxy groups -OCH3 is 1. The molecule has 7 nitrogen and oxygen atoms in total. The Bertz CT molecular complexity index is 963. The zero-order chi connectivity index (χ0) is 19.4. The van der Waals surface area contributed by atoms with Crippen molar-refractivity contribution in [2.45, 2.75) is 13.0 Å². The molecular weight excluding hydrogens is 364 g/mol. The molecule has 0 aliphatic rings. The van der Waals surface area contributed by atoms with Crippen LogP contribution in [0.3, 0.4) is 0 Å². The Labute approximate surface area is 161 Å². The lowest BCUT2D eigenvalue weighted by atomic mass is 10.0. The van der Waals surface area contributed by atoms with Crippen LogP contribution < -0.4 is 15.4 Å². The third-order valence-electron chi connectivity index (χ3n) is 3.97. The summed E-state index contributed by atoms with van der Waals surface area (Å²) in [5.41, 5.74) is 0.807. The molecule has 8 heteroatoms. The number of anilines is 1. The second-order valence-corrected chi connectivity index (χ2v) is 6.97. The zero-order valence-corrected chi connectivity index (χ0v) is 16.0. The smallest absolute Gasteiger partial charge is 0.262 e. The molecule has 2 N–H and O–H groups in total. The number of nitrogens with zero attached hydrogens (tertiary/aromatic N) is 2. The Balaban J connectivity index is 1.92. The molecule has 1 aromatic carbocycles. The van der Waals surface area contributed by atoms with Crippen LogP contribution in [0, 0.1) is 0 Å². The molecular formula is C19H20N4O3S. The van der Waals surface area contributed by atoms with E-state index in [2.05, 4.69) is 15.6 Å². The highest BCUT2D eigenvalue weighted by Gasteiger charge is 2.25. The maximum absolute atomic E-state index is 12.8. The zero-order valence-electron chi connectivity index (χ0n) is 15.2. The number of imidazole rings is 1. The van der Waals surface area contributed by atoms with E-state index in [0.717, 1.165) is 5.56 Å². The summed E-state index contributed by atoms with van der Waals surface area (Å²) in [5, 5.41) is 6.34. The Morgan fingerprint density at radius 3 is 2.67 bits per heavy atom. The fraction of sp³-hybridized carbons (Fsp3) is 0.211. The van der Waals surface area contributed by atoms with Crippen LogP contribution in [0.15, 0.2) is 48.8 Å². The van der Waals surface area contributed by atoms with E-state index in [1.165, 1.54) is 18.3 Å². The molecule has 0 fully saturated rings. The van der Waals surface area contributed by atoms with Crippen molar-refractivity contribution >= 4 is 28.2 Å². The number of aryl methyl sites for hydroxylation is 1. The van der Waals surface area contributed by atoms with E-state index in [9.17, 15) is 9.59 Å². The molecule has 0 radical (unpaired) electrons. The van der Waals surface area contributed by atoms with Gasteiger partial charge in [-0.2, -0.15) is 0 Å². The van der Waals surface area contributed by atoms with E-state index in [0.29, 0.717) is 21.5 Å². The van der Waals surface area contributed by atoms with Crippen molar-refractivity contribution in [2.24, 2.45) is 7.05 Å². The standard InChI is InChI=1S/C19H20N4O3S/c1-12(24)21-16-9-8-15(27-16)19(25)22-17(18-20-10-11-23(18)2)13-6-4-5-7-14(13)26-3/h4-11,17H,1-3H3,(H,21,24)(H,22,25)/t17-/m1/s1. The van der Waals surface area contributed by atoms with Crippen LogP contribution in [0.25, 0.3) is 0 Å². The van der Waals surface area contributed by atoms with E-state index >= 15 is 0 Å². The molecule has 3 rings (SSSR count). The SMILES string of the molecule is COc1ccccc1[C@@H](NC(=O)c1ccc(NC(C)=O)s1)c1nccn1C. The van der Waals surface area contributed by atoms with Crippen molar-refractivity contribution in [1.29, 1.82) is 0 Å². The van der Waals surface area contributed by atoms with Gasteiger partial charge < -0.3 is 19.9 Å². The van der Waals surface area contributed by atoms with Gasteiger partial charge in [0.05, 0.1) is 17.0 Å². The van der Waals surface area contributed by atoms with Gasteiger partial charge in [0.1, 0.15) is 17.6 Å². The summed E-state index contributed by atoms with van der Waals surface area (Å²) < 4.78 is 7.32. The molecule has 140 valence electrons. The number of amides is 2. The van der Waals surface area contributed by atoms with Gasteiger partial charge in [-0.1, -0.05) is 18.2 Å². The van der Waals surface area contributed by atoms with Crippen molar-refractivity contribution in [3.63, 3.8) is 0 Å². The van der Waals surface area contributed by atoms with Crippen LogP contribution in [-0.2, 0) is 11.8 Å². The number of carbonyl (C=O) groups is 2. The van der Waals surface area contributed by atoms with Crippen molar-refractivity contribution < 1.29 is 14.3 Å². The Kier molecular flexibility index (Phi) is 5.56. The van der Waals surface area contributed by atoms with Gasteiger partial charge >= 0.3 is 0 Å². The molecule has 0 bridgehead atoms. The average molecular weight is 384 g/mol. The summed E-state index contributed by atoms with van der Waals surface area (Å²) in [5.74, 6) is 0.918. The number of rotatable bonds is 6. The van der Waals surface area contributed by atoms with Crippen molar-refractivity contribution in [1.82, 2.24) is 14.9 Å². The molecule has 0 unspecified atom stereocenters. The largest absolute Gasteiger partial charge is 0.496 e. The quantitative estimate of drug-likeness (QED) is 0.684. The van der Waals surface area contributed by atoms with Gasteiger partial charge in [0.15, 0.2) is 0 Å². The number of benzene rings is 1. The lowest BCUT2D eigenvalue weighted by Gasteiger charge is -2.21. The summed E-state index contributed by atoms with van der Waals surface area (Å²) in [6.45, 7) is 1.43. The van der Waals surface area contributed by atoms with Crippen molar-refractivity contribution in [2.75, 3.05) is 12.4 Å². The highest BCUT2D eigenvalue weighted by molar-refractivity contribution is 7.18. The second-order valence-electron chi connectivity index (χ2n) is 5.89. The summed E-state index contributed by atoms with van der Waals surface area (Å²) in [4.78, 5) is 28.9. The predicted octanol–water partition coefficient (Wildman–Crippen LogP) is 2.97. The van der Waals surface area contributed by atoms with Crippen LogP contribution in [0.5, 0.6) is 5.75 Å². The molecule has 0 saturated carbocycles. The number of carbonyl (C=O) groups excluding carboxylic acids is 2. The third-order valence-corrected chi connectivity index (χ3v) is 4.97. The van der Waals surface area contributed by atoms with Gasteiger partial charge in [-0.25, -0.2) is 4.98 Å². The van der Waals surface area contributed by atoms with Crippen LogP contribution in [0.4, 0.5) is 5.00 Å². The van der Waals surface area contributed by atoms with Gasteiger partial charge in [-0.3, -0.25) is 9.59 Å². The normalized spacial score (nSPS) is 11.7. The first-order valence-corrected chi connectivity index (χ1v) is 9.09. The highest BCUT2D eigenvalue weighted by Crippen LogP contribution is 2.30. The second kappa shape index (κ2) is 8.05. The van der Waals surface area contributed by atoms with Crippen LogP contribution in [-0.4, -0.2) is 28.5 Å². The van der Waals surface area contributed by atoms with Crippen molar-refractivity contribution in [3.8, 4) is 5.75 Å². The molecule has 2 aromatic heterocycles. The number of thiophene rings is 1. The minimum absolute atomic E-state index is 0.177. The molecule has 27 heavy (non-hydrogen) atoms. The molecule has 0 aliphatic heterocycles. The minimum Gasteiger partial charge on any atom is -0.496 e. The van der Waals surface area contributed by atoms with E-state index < -0.39 is 6.04 Å². The first-order chi connectivity index (χ1) is 13.0. The van der Waals surface area contributed by atoms with E-state index in [1.54, 1.807) is 25.4 Å². The Hall–Kier alpha value is -3.13. The van der Waals surface area contributed by atoms with Crippen LogP contribution in [0.2, 0.25) is 0 Å². The van der Waals surface area contributed by atoms with Gasteiger partial charge in [-0.05, 0) is 18.2 Å². The maximum Gasteiger partial charge on any atom is 0.262 e. The molecule has 2 amide bonds. The molecule has 0 aliphatic carbocycles. The number of hydrogen-bond acceptors (Lipinski definition) is 5. The minimum atomic E-state index is -0.486. The number of aromatic nitrogens is 2. The van der Waals surface area contributed by atoms with E-state index in [1.807, 2.05) is 42.1 Å². The third kappa shape index (κ3) is 4.17. The van der Waals surface area contributed by atoms with Crippen molar-refractivity contribution in [3.05, 3.63) is 65.1 Å². The lowest BCUT2D eigenvalue weighted by molar-refractivity contribution is -0.114. The fourth-order valence-corrected chi connectivity index (χ4v) is 3.60. The molecule has 2 heterocycles. The van der Waals surface area contributed by atoms with E-state index in [4.69, 9.17) is 4.74 Å². The molecule has 0 saturated heterocycles. The van der Waals surface area contributed by atoms with Crippen LogP contribution >= 0.6 is 11.3 Å². The van der Waals surface area contributed by atoms with Gasteiger partial charge in [-0.15, -0.1) is 11.3 Å². The highest BCUT2D eigenvalue weighted by atomic mass is 32.1. The average Bonchev–Trinajstić information content (AvgIpc) is 3.28. The topological polar surface area (TPSA) is 85.2 Å². The number of para-hydroxylation sites is 1. The monoisotopic (exact) mass is 384 g/mol. The van der Waals surface area contributed by atoms with Gasteiger partial charge in [0, 0.05) is 31.9 Å².